The fraction of sp³-hybridized carbons (Fsp3) is 0.733. The molecule has 8 heteroatoms. The molecule has 0 aliphatic carbocycles. The van der Waals surface area contributed by atoms with Crippen molar-refractivity contribution in [3.63, 3.8) is 0 Å². The summed E-state index contributed by atoms with van der Waals surface area (Å²) >= 11 is 8.04. The molecular formula is C15H20ClN3O3S. The maximum atomic E-state index is 11.2. The topological polar surface area (TPSA) is 54.9 Å². The van der Waals surface area contributed by atoms with Gasteiger partial charge in [-0.3, -0.25) is 4.90 Å². The fourth-order valence-electron chi connectivity index (χ4n) is 3.46. The highest BCUT2D eigenvalue weighted by molar-refractivity contribution is 7.16. The zero-order valence-corrected chi connectivity index (χ0v) is 14.5. The molecule has 23 heavy (non-hydrogen) atoms. The average Bonchev–Trinajstić information content (AvgIpc) is 3.25. The molecule has 3 aliphatic heterocycles. The summed E-state index contributed by atoms with van der Waals surface area (Å²) < 4.78 is 10.3. The molecule has 0 N–H and O–H groups in total. The predicted molar refractivity (Wildman–Crippen MR) is 88.2 cm³/mol. The maximum Gasteiger partial charge on any atom is 0.509 e. The van der Waals surface area contributed by atoms with E-state index in [9.17, 15) is 4.79 Å². The van der Waals surface area contributed by atoms with Crippen LogP contribution in [0.25, 0.3) is 0 Å². The van der Waals surface area contributed by atoms with E-state index >= 15 is 0 Å². The summed E-state index contributed by atoms with van der Waals surface area (Å²) in [5.74, 6) is 0. The summed E-state index contributed by atoms with van der Waals surface area (Å²) in [5, 5.41) is 1.68. The van der Waals surface area contributed by atoms with Gasteiger partial charge in [-0.2, -0.15) is 0 Å². The second-order valence-corrected chi connectivity index (χ2v) is 7.92. The summed E-state index contributed by atoms with van der Waals surface area (Å²) in [4.78, 5) is 21.5. The van der Waals surface area contributed by atoms with Crippen LogP contribution in [-0.2, 0) is 16.0 Å². The Labute approximate surface area is 144 Å². The third-order valence-electron chi connectivity index (χ3n) is 4.90. The first kappa shape index (κ1) is 15.5. The molecule has 126 valence electrons. The number of anilines is 1. The largest absolute Gasteiger partial charge is 0.509 e. The number of carbonyl (C=O) groups is 1. The molecule has 0 saturated carbocycles. The van der Waals surface area contributed by atoms with Gasteiger partial charge in [0.2, 0.25) is 0 Å². The summed E-state index contributed by atoms with van der Waals surface area (Å²) in [7, 11) is 0. The number of piperidine rings is 1. The van der Waals surface area contributed by atoms with E-state index < -0.39 is 11.8 Å². The fourth-order valence-corrected chi connectivity index (χ4v) is 4.81. The Bertz CT molecular complexity index is 595. The van der Waals surface area contributed by atoms with Crippen LogP contribution in [-0.4, -0.2) is 54.4 Å². The zero-order chi connectivity index (χ0) is 15.9. The molecule has 0 aromatic carbocycles. The number of carbonyl (C=O) groups excluding carboxylic acids is 1. The van der Waals surface area contributed by atoms with Gasteiger partial charge in [0.25, 0.3) is 0 Å². The van der Waals surface area contributed by atoms with Crippen molar-refractivity contribution in [1.82, 2.24) is 9.88 Å². The normalized spacial score (nSPS) is 24.2. The van der Waals surface area contributed by atoms with Gasteiger partial charge in [-0.05, 0) is 12.8 Å². The number of cyclic esters (lactones) is 1. The van der Waals surface area contributed by atoms with Crippen molar-refractivity contribution in [2.45, 2.75) is 37.8 Å². The number of aromatic nitrogens is 1. The molecule has 6 nitrogen and oxygen atoms in total. The van der Waals surface area contributed by atoms with E-state index in [1.807, 2.05) is 0 Å². The number of ether oxygens (including phenoxy) is 2. The lowest BCUT2D eigenvalue weighted by molar-refractivity contribution is -0.00140. The standard InChI is InChI=1S/C15H20ClN3O3S/c16-12-11(23-13(17-12)19-5-1-2-6-19)9-18-7-3-15(4-8-18)10-21-14(20)22-15/h1-10H2. The van der Waals surface area contributed by atoms with Gasteiger partial charge in [-0.1, -0.05) is 22.9 Å². The lowest BCUT2D eigenvalue weighted by atomic mass is 9.92. The summed E-state index contributed by atoms with van der Waals surface area (Å²) in [6.45, 7) is 5.13. The first-order valence-corrected chi connectivity index (χ1v) is 9.31. The summed E-state index contributed by atoms with van der Waals surface area (Å²) in [5.41, 5.74) is -0.397. The van der Waals surface area contributed by atoms with E-state index in [4.69, 9.17) is 21.1 Å². The number of thiazole rings is 1. The molecule has 1 aromatic rings. The van der Waals surface area contributed by atoms with Crippen LogP contribution in [0.2, 0.25) is 5.15 Å². The van der Waals surface area contributed by atoms with E-state index in [2.05, 4.69) is 14.8 Å². The quantitative estimate of drug-likeness (QED) is 0.775. The highest BCUT2D eigenvalue weighted by Gasteiger charge is 2.44. The minimum atomic E-state index is -0.529. The highest BCUT2D eigenvalue weighted by Crippen LogP contribution is 2.35. The van der Waals surface area contributed by atoms with E-state index in [0.717, 1.165) is 55.6 Å². The van der Waals surface area contributed by atoms with Crippen LogP contribution >= 0.6 is 22.9 Å². The molecule has 0 unspecified atom stereocenters. The number of halogens is 1. The van der Waals surface area contributed by atoms with E-state index in [-0.39, 0.29) is 0 Å². The molecule has 3 fully saturated rings. The lowest BCUT2D eigenvalue weighted by Crippen LogP contribution is -2.45. The molecule has 0 amide bonds. The van der Waals surface area contributed by atoms with Crippen LogP contribution in [0.1, 0.15) is 30.6 Å². The monoisotopic (exact) mass is 357 g/mol. The van der Waals surface area contributed by atoms with Gasteiger partial charge in [-0.15, -0.1) is 0 Å². The van der Waals surface area contributed by atoms with Crippen LogP contribution in [0.5, 0.6) is 0 Å². The number of nitrogens with zero attached hydrogens (tertiary/aromatic N) is 3. The van der Waals surface area contributed by atoms with Gasteiger partial charge in [0, 0.05) is 45.6 Å². The van der Waals surface area contributed by atoms with Crippen molar-refractivity contribution < 1.29 is 14.3 Å². The molecule has 3 saturated heterocycles. The van der Waals surface area contributed by atoms with Gasteiger partial charge in [0.1, 0.15) is 11.8 Å². The average molecular weight is 358 g/mol. The molecule has 0 atom stereocenters. The Morgan fingerprint density at radius 3 is 2.61 bits per heavy atom. The zero-order valence-electron chi connectivity index (χ0n) is 12.9. The number of hydrogen-bond donors (Lipinski definition) is 0. The van der Waals surface area contributed by atoms with Crippen molar-refractivity contribution in [2.75, 3.05) is 37.7 Å². The minimum absolute atomic E-state index is 0.389. The van der Waals surface area contributed by atoms with Crippen LogP contribution in [0.3, 0.4) is 0 Å². The Hall–Kier alpha value is -1.05. The smallest absolute Gasteiger partial charge is 0.430 e. The van der Waals surface area contributed by atoms with Crippen LogP contribution in [0.15, 0.2) is 0 Å². The lowest BCUT2D eigenvalue weighted by Gasteiger charge is -2.35. The van der Waals surface area contributed by atoms with E-state index in [0.29, 0.717) is 11.8 Å². The van der Waals surface area contributed by atoms with Crippen molar-refractivity contribution in [3.05, 3.63) is 10.0 Å². The second-order valence-electron chi connectivity index (χ2n) is 6.50. The van der Waals surface area contributed by atoms with E-state index in [1.54, 1.807) is 11.3 Å². The first-order chi connectivity index (χ1) is 11.1. The Morgan fingerprint density at radius 2 is 1.96 bits per heavy atom. The van der Waals surface area contributed by atoms with Crippen LogP contribution in [0, 0.1) is 0 Å². The molecule has 4 heterocycles. The van der Waals surface area contributed by atoms with Crippen molar-refractivity contribution in [2.24, 2.45) is 0 Å². The molecule has 4 rings (SSSR count). The van der Waals surface area contributed by atoms with Crippen molar-refractivity contribution in [1.29, 1.82) is 0 Å². The number of likely N-dealkylation sites (tertiary alicyclic amines) is 1. The minimum Gasteiger partial charge on any atom is -0.430 e. The third-order valence-corrected chi connectivity index (χ3v) is 6.43. The van der Waals surface area contributed by atoms with Gasteiger partial charge in [-0.25, -0.2) is 9.78 Å². The van der Waals surface area contributed by atoms with Crippen molar-refractivity contribution >= 4 is 34.2 Å². The molecule has 0 radical (unpaired) electrons. The van der Waals surface area contributed by atoms with Crippen LogP contribution in [0.4, 0.5) is 9.93 Å². The van der Waals surface area contributed by atoms with Crippen LogP contribution < -0.4 is 4.90 Å². The Kier molecular flexibility index (Phi) is 4.11. The second kappa shape index (κ2) is 6.11. The first-order valence-electron chi connectivity index (χ1n) is 8.12. The van der Waals surface area contributed by atoms with Gasteiger partial charge in [0.05, 0.1) is 4.88 Å². The van der Waals surface area contributed by atoms with Gasteiger partial charge in [0.15, 0.2) is 10.7 Å². The van der Waals surface area contributed by atoms with Crippen molar-refractivity contribution in [3.8, 4) is 0 Å². The number of hydrogen-bond acceptors (Lipinski definition) is 7. The molecule has 1 spiro atoms. The Morgan fingerprint density at radius 1 is 1.22 bits per heavy atom. The maximum absolute atomic E-state index is 11.2. The van der Waals surface area contributed by atoms with Gasteiger partial charge >= 0.3 is 6.16 Å². The predicted octanol–water partition coefficient (Wildman–Crippen LogP) is 2.90. The molecule has 1 aromatic heterocycles. The highest BCUT2D eigenvalue weighted by atomic mass is 35.5. The molecule has 3 aliphatic rings. The Balaban J connectivity index is 1.37. The SMILES string of the molecule is O=C1OCC2(CCN(Cc3sc(N4CCCC4)nc3Cl)CC2)O1. The van der Waals surface area contributed by atoms with Gasteiger partial charge < -0.3 is 14.4 Å². The molecule has 0 bridgehead atoms. The third kappa shape index (κ3) is 3.14. The van der Waals surface area contributed by atoms with E-state index in [1.165, 1.54) is 12.8 Å². The number of rotatable bonds is 3. The molecular weight excluding hydrogens is 338 g/mol. The summed E-state index contributed by atoms with van der Waals surface area (Å²) in [6, 6.07) is 0. The summed E-state index contributed by atoms with van der Waals surface area (Å²) in [6.07, 6.45) is 3.57.